The van der Waals surface area contributed by atoms with Gasteiger partial charge in [0.2, 0.25) is 0 Å². The van der Waals surface area contributed by atoms with E-state index in [0.29, 0.717) is 28.7 Å². The van der Waals surface area contributed by atoms with E-state index in [-0.39, 0.29) is 11.9 Å². The minimum Gasteiger partial charge on any atom is -0.479 e. The number of benzene rings is 1. The first-order valence-electron chi connectivity index (χ1n) is 8.05. The van der Waals surface area contributed by atoms with Gasteiger partial charge in [0.05, 0.1) is 7.11 Å². The summed E-state index contributed by atoms with van der Waals surface area (Å²) in [5, 5.41) is 7.19. The van der Waals surface area contributed by atoms with Crippen molar-refractivity contribution in [1.29, 1.82) is 0 Å². The lowest BCUT2D eigenvalue weighted by atomic mass is 9.95. The summed E-state index contributed by atoms with van der Waals surface area (Å²) in [5.74, 6) is 0.441. The van der Waals surface area contributed by atoms with Crippen molar-refractivity contribution >= 4 is 17.7 Å². The highest BCUT2D eigenvalue weighted by Crippen LogP contribution is 2.30. The second kappa shape index (κ2) is 6.49. The van der Waals surface area contributed by atoms with Crippen LogP contribution in [0.1, 0.15) is 29.6 Å². The molecule has 0 unspecified atom stereocenters. The van der Waals surface area contributed by atoms with Gasteiger partial charge >= 0.3 is 0 Å². The predicted molar refractivity (Wildman–Crippen MR) is 89.4 cm³/mol. The zero-order chi connectivity index (χ0) is 16.5. The minimum atomic E-state index is -0.0105. The summed E-state index contributed by atoms with van der Waals surface area (Å²) < 4.78 is 10.3. The maximum atomic E-state index is 12.4. The summed E-state index contributed by atoms with van der Waals surface area (Å²) in [5.41, 5.74) is 0.673. The van der Waals surface area contributed by atoms with Crippen molar-refractivity contribution in [3.8, 4) is 5.88 Å². The Kier molecular flexibility index (Phi) is 4.20. The van der Waals surface area contributed by atoms with E-state index in [9.17, 15) is 4.79 Å². The summed E-state index contributed by atoms with van der Waals surface area (Å²) in [6.07, 6.45) is 4.89. The van der Waals surface area contributed by atoms with Gasteiger partial charge in [0.25, 0.3) is 17.0 Å². The standard InChI is InChI=1S/C17H19N3O3S/c1-22-15-9-23-17(20-15)24-12-5-2-10(3-6-12)16(21)19-14-8-11-4-7-13(14)18-11/h2-3,5-6,9,11,13-14,18H,4,7-8H2,1H3,(H,19,21)/t11-,13+,14-/m1/s1. The fourth-order valence-electron chi connectivity index (χ4n) is 3.39. The Bertz CT molecular complexity index is 731. The fraction of sp³-hybridized carbons (Fsp3) is 0.412. The van der Waals surface area contributed by atoms with Crippen LogP contribution in [0.4, 0.5) is 0 Å². The van der Waals surface area contributed by atoms with Crippen molar-refractivity contribution in [2.75, 3.05) is 7.11 Å². The van der Waals surface area contributed by atoms with Crippen molar-refractivity contribution in [2.45, 2.75) is 47.5 Å². The largest absolute Gasteiger partial charge is 0.479 e. The SMILES string of the molecule is COc1coc(Sc2ccc(C(=O)N[C@@H]3C[C@H]4CC[C@@H]3N4)cc2)n1. The smallest absolute Gasteiger partial charge is 0.263 e. The molecular formula is C17H19N3O3S. The molecule has 2 N–H and O–H groups in total. The molecule has 2 aliphatic rings. The Morgan fingerprint density at radius 2 is 2.21 bits per heavy atom. The Balaban J connectivity index is 1.37. The first kappa shape index (κ1) is 15.5. The van der Waals surface area contributed by atoms with Crippen molar-refractivity contribution < 1.29 is 13.9 Å². The highest BCUT2D eigenvalue weighted by Gasteiger charge is 2.39. The first-order valence-corrected chi connectivity index (χ1v) is 8.87. The van der Waals surface area contributed by atoms with Crippen molar-refractivity contribution in [1.82, 2.24) is 15.6 Å². The number of nitrogens with one attached hydrogen (secondary N) is 2. The molecule has 1 aromatic heterocycles. The molecule has 1 amide bonds. The van der Waals surface area contributed by atoms with Crippen LogP contribution in [-0.2, 0) is 0 Å². The molecule has 0 radical (unpaired) electrons. The molecule has 126 valence electrons. The number of ether oxygens (including phenoxy) is 1. The lowest BCUT2D eigenvalue weighted by Crippen LogP contribution is -2.42. The second-order valence-electron chi connectivity index (χ2n) is 6.15. The molecule has 2 fully saturated rings. The van der Waals surface area contributed by atoms with E-state index >= 15 is 0 Å². The van der Waals surface area contributed by atoms with Crippen LogP contribution in [-0.4, -0.2) is 36.1 Å². The Labute approximate surface area is 144 Å². The zero-order valence-electron chi connectivity index (χ0n) is 13.3. The van der Waals surface area contributed by atoms with Crippen LogP contribution < -0.4 is 15.4 Å². The van der Waals surface area contributed by atoms with Crippen LogP contribution in [0.3, 0.4) is 0 Å². The van der Waals surface area contributed by atoms with Crippen LogP contribution in [0.5, 0.6) is 5.88 Å². The molecule has 2 aromatic rings. The average molecular weight is 345 g/mol. The fourth-order valence-corrected chi connectivity index (χ4v) is 4.10. The Morgan fingerprint density at radius 1 is 1.38 bits per heavy atom. The zero-order valence-corrected chi connectivity index (χ0v) is 14.1. The molecule has 24 heavy (non-hydrogen) atoms. The van der Waals surface area contributed by atoms with Gasteiger partial charge < -0.3 is 19.8 Å². The highest BCUT2D eigenvalue weighted by atomic mass is 32.2. The molecular weight excluding hydrogens is 326 g/mol. The third kappa shape index (κ3) is 3.14. The molecule has 7 heteroatoms. The summed E-state index contributed by atoms with van der Waals surface area (Å²) in [6, 6.07) is 8.73. The minimum absolute atomic E-state index is 0.0105. The third-order valence-corrected chi connectivity index (χ3v) is 5.48. The number of oxazole rings is 1. The number of amides is 1. The molecule has 4 rings (SSSR count). The molecule has 2 saturated heterocycles. The number of carbonyl (C=O) groups is 1. The number of carbonyl (C=O) groups excluding carboxylic acids is 1. The van der Waals surface area contributed by atoms with Gasteiger partial charge in [-0.2, -0.15) is 4.98 Å². The second-order valence-corrected chi connectivity index (χ2v) is 7.17. The van der Waals surface area contributed by atoms with Crippen molar-refractivity contribution in [3.05, 3.63) is 36.1 Å². The lowest BCUT2D eigenvalue weighted by Gasteiger charge is -2.21. The maximum Gasteiger partial charge on any atom is 0.263 e. The highest BCUT2D eigenvalue weighted by molar-refractivity contribution is 7.99. The number of hydrogen-bond acceptors (Lipinski definition) is 6. The van der Waals surface area contributed by atoms with E-state index in [0.717, 1.165) is 17.7 Å². The Morgan fingerprint density at radius 3 is 2.83 bits per heavy atom. The topological polar surface area (TPSA) is 76.4 Å². The number of nitrogens with zero attached hydrogens (tertiary/aromatic N) is 1. The number of methoxy groups -OCH3 is 1. The van der Waals surface area contributed by atoms with Gasteiger partial charge in [0.1, 0.15) is 0 Å². The molecule has 3 heterocycles. The van der Waals surface area contributed by atoms with Crippen LogP contribution in [0.25, 0.3) is 0 Å². The van der Waals surface area contributed by atoms with Crippen LogP contribution >= 0.6 is 11.8 Å². The van der Waals surface area contributed by atoms with Gasteiger partial charge in [0, 0.05) is 28.6 Å². The van der Waals surface area contributed by atoms with Crippen LogP contribution in [0.15, 0.2) is 45.1 Å². The van der Waals surface area contributed by atoms with Crippen LogP contribution in [0.2, 0.25) is 0 Å². The third-order valence-electron chi connectivity index (χ3n) is 4.61. The Hall–Kier alpha value is -1.99. The van der Waals surface area contributed by atoms with E-state index < -0.39 is 0 Å². The van der Waals surface area contributed by atoms with E-state index in [2.05, 4.69) is 15.6 Å². The van der Waals surface area contributed by atoms with Crippen LogP contribution in [0, 0.1) is 0 Å². The van der Waals surface area contributed by atoms with Gasteiger partial charge in [-0.25, -0.2) is 0 Å². The summed E-state index contributed by atoms with van der Waals surface area (Å²) in [4.78, 5) is 17.5. The van der Waals surface area contributed by atoms with E-state index in [4.69, 9.17) is 9.15 Å². The van der Waals surface area contributed by atoms with E-state index in [1.807, 2.05) is 24.3 Å². The predicted octanol–water partition coefficient (Wildman–Crippen LogP) is 2.46. The number of aromatic nitrogens is 1. The summed E-state index contributed by atoms with van der Waals surface area (Å²) in [6.45, 7) is 0. The van der Waals surface area contributed by atoms with E-state index in [1.165, 1.54) is 24.4 Å². The van der Waals surface area contributed by atoms with Gasteiger partial charge in [0.15, 0.2) is 6.26 Å². The summed E-state index contributed by atoms with van der Waals surface area (Å²) in [7, 11) is 1.55. The summed E-state index contributed by atoms with van der Waals surface area (Å²) >= 11 is 1.39. The number of rotatable bonds is 5. The average Bonchev–Trinajstić information content (AvgIpc) is 3.32. The molecule has 2 aliphatic heterocycles. The molecule has 2 bridgehead atoms. The molecule has 0 aliphatic carbocycles. The van der Waals surface area contributed by atoms with Gasteiger partial charge in [-0.15, -0.1) is 0 Å². The van der Waals surface area contributed by atoms with Crippen molar-refractivity contribution in [3.63, 3.8) is 0 Å². The van der Waals surface area contributed by atoms with Gasteiger partial charge in [-0.3, -0.25) is 4.79 Å². The van der Waals surface area contributed by atoms with Gasteiger partial charge in [-0.05, 0) is 55.3 Å². The molecule has 3 atom stereocenters. The number of hydrogen-bond donors (Lipinski definition) is 2. The normalized spacial score (nSPS) is 25.0. The molecule has 0 spiro atoms. The van der Waals surface area contributed by atoms with Crippen molar-refractivity contribution in [2.24, 2.45) is 0 Å². The van der Waals surface area contributed by atoms with E-state index in [1.54, 1.807) is 7.11 Å². The first-order chi connectivity index (χ1) is 11.7. The maximum absolute atomic E-state index is 12.4. The molecule has 6 nitrogen and oxygen atoms in total. The monoisotopic (exact) mass is 345 g/mol. The quantitative estimate of drug-likeness (QED) is 0.867. The molecule has 0 saturated carbocycles. The molecule has 1 aromatic carbocycles. The lowest BCUT2D eigenvalue weighted by molar-refractivity contribution is 0.0931. The van der Waals surface area contributed by atoms with Gasteiger partial charge in [-0.1, -0.05) is 0 Å². The number of fused-ring (bicyclic) bond motifs is 2.